The summed E-state index contributed by atoms with van der Waals surface area (Å²) in [5, 5.41) is 0. The van der Waals surface area contributed by atoms with Crippen LogP contribution in [-0.2, 0) is 11.2 Å². The summed E-state index contributed by atoms with van der Waals surface area (Å²) in [7, 11) is 0. The van der Waals surface area contributed by atoms with Gasteiger partial charge < -0.3 is 15.2 Å². The standard InChI is InChI=1S/C27H29N3O3/c1-18(30(26(31)33-27(2,3)4)23-11-7-6-10-22(23)28)21-17-20-9-5-8-12-24(20)32-25(21)19-13-15-29-16-14-19/h5-16,18H,17,28H2,1-4H3. The van der Waals surface area contributed by atoms with Gasteiger partial charge in [-0.3, -0.25) is 9.88 Å². The Labute approximate surface area is 194 Å². The molecule has 33 heavy (non-hydrogen) atoms. The second-order valence-corrected chi connectivity index (χ2v) is 9.06. The van der Waals surface area contributed by atoms with E-state index in [0.717, 1.165) is 22.4 Å². The molecule has 1 atom stereocenters. The Morgan fingerprint density at radius 1 is 1.06 bits per heavy atom. The molecule has 170 valence electrons. The Bertz CT molecular complexity index is 1180. The van der Waals surface area contributed by atoms with E-state index in [1.165, 1.54) is 0 Å². The van der Waals surface area contributed by atoms with Gasteiger partial charge in [0.05, 0.1) is 17.4 Å². The summed E-state index contributed by atoms with van der Waals surface area (Å²) in [5.74, 6) is 1.52. The van der Waals surface area contributed by atoms with Crippen LogP contribution in [0.4, 0.5) is 16.2 Å². The fourth-order valence-electron chi connectivity index (χ4n) is 3.93. The van der Waals surface area contributed by atoms with Crippen molar-refractivity contribution in [2.45, 2.75) is 45.8 Å². The molecule has 1 amide bonds. The number of anilines is 2. The molecule has 3 aromatic rings. The van der Waals surface area contributed by atoms with Crippen molar-refractivity contribution in [3.8, 4) is 5.75 Å². The van der Waals surface area contributed by atoms with Crippen molar-refractivity contribution in [3.63, 3.8) is 0 Å². The maximum absolute atomic E-state index is 13.5. The van der Waals surface area contributed by atoms with E-state index in [-0.39, 0.29) is 6.04 Å². The first-order valence-corrected chi connectivity index (χ1v) is 11.0. The molecular weight excluding hydrogens is 414 g/mol. The van der Waals surface area contributed by atoms with Crippen LogP contribution in [0, 0.1) is 0 Å². The minimum absolute atomic E-state index is 0.388. The number of rotatable bonds is 4. The van der Waals surface area contributed by atoms with Crippen molar-refractivity contribution >= 4 is 23.2 Å². The number of pyridine rings is 1. The Morgan fingerprint density at radius 3 is 2.42 bits per heavy atom. The van der Waals surface area contributed by atoms with Gasteiger partial charge in [0.2, 0.25) is 0 Å². The van der Waals surface area contributed by atoms with E-state index in [1.807, 2.05) is 82.3 Å². The number of carbonyl (C=O) groups excluding carboxylic acids is 1. The third-order valence-corrected chi connectivity index (χ3v) is 5.48. The molecule has 6 heteroatoms. The van der Waals surface area contributed by atoms with Gasteiger partial charge >= 0.3 is 6.09 Å². The van der Waals surface area contributed by atoms with Gasteiger partial charge in [0.15, 0.2) is 0 Å². The third-order valence-electron chi connectivity index (χ3n) is 5.48. The molecule has 0 bridgehead atoms. The molecule has 2 N–H and O–H groups in total. The van der Waals surface area contributed by atoms with E-state index in [4.69, 9.17) is 15.2 Å². The zero-order valence-electron chi connectivity index (χ0n) is 19.4. The van der Waals surface area contributed by atoms with E-state index in [9.17, 15) is 4.79 Å². The van der Waals surface area contributed by atoms with Crippen LogP contribution in [0.2, 0.25) is 0 Å². The van der Waals surface area contributed by atoms with Crippen LogP contribution in [0.15, 0.2) is 78.6 Å². The molecule has 0 saturated carbocycles. The van der Waals surface area contributed by atoms with Crippen molar-refractivity contribution in [1.82, 2.24) is 4.98 Å². The number of fused-ring (bicyclic) bond motifs is 1. The lowest BCUT2D eigenvalue weighted by molar-refractivity contribution is 0.0572. The molecule has 6 nitrogen and oxygen atoms in total. The quantitative estimate of drug-likeness (QED) is 0.513. The predicted octanol–water partition coefficient (Wildman–Crippen LogP) is 5.84. The zero-order chi connectivity index (χ0) is 23.6. The van der Waals surface area contributed by atoms with Gasteiger partial charge in [-0.2, -0.15) is 0 Å². The van der Waals surface area contributed by atoms with E-state index in [2.05, 4.69) is 4.98 Å². The summed E-state index contributed by atoms with van der Waals surface area (Å²) in [4.78, 5) is 19.2. The van der Waals surface area contributed by atoms with Gasteiger partial charge in [-0.05, 0) is 63.6 Å². The Kier molecular flexibility index (Phi) is 6.09. The molecule has 0 saturated heterocycles. The summed E-state index contributed by atoms with van der Waals surface area (Å²) in [5.41, 5.74) is 9.65. The number of hydrogen-bond donors (Lipinski definition) is 1. The lowest BCUT2D eigenvalue weighted by atomic mass is 9.92. The first-order chi connectivity index (χ1) is 15.7. The predicted molar refractivity (Wildman–Crippen MR) is 131 cm³/mol. The first kappa shape index (κ1) is 22.4. The summed E-state index contributed by atoms with van der Waals surface area (Å²) in [6.45, 7) is 7.53. The van der Waals surface area contributed by atoms with E-state index in [1.54, 1.807) is 23.4 Å². The Hall–Kier alpha value is -3.80. The fourth-order valence-corrected chi connectivity index (χ4v) is 3.93. The number of amides is 1. The number of nitrogens with two attached hydrogens (primary N) is 1. The van der Waals surface area contributed by atoms with Crippen LogP contribution in [0.25, 0.3) is 5.76 Å². The van der Waals surface area contributed by atoms with Gasteiger partial charge in [-0.1, -0.05) is 30.3 Å². The second kappa shape index (κ2) is 8.98. The average Bonchev–Trinajstić information content (AvgIpc) is 2.79. The molecule has 0 radical (unpaired) electrons. The van der Waals surface area contributed by atoms with Gasteiger partial charge in [-0.25, -0.2) is 4.79 Å². The number of hydrogen-bond acceptors (Lipinski definition) is 5. The number of carbonyl (C=O) groups is 1. The molecule has 2 aromatic carbocycles. The molecule has 1 aliphatic heterocycles. The van der Waals surface area contributed by atoms with Crippen molar-refractivity contribution in [1.29, 1.82) is 0 Å². The minimum atomic E-state index is -0.656. The highest BCUT2D eigenvalue weighted by Crippen LogP contribution is 2.39. The van der Waals surface area contributed by atoms with Gasteiger partial charge in [-0.15, -0.1) is 0 Å². The van der Waals surface area contributed by atoms with Crippen LogP contribution < -0.4 is 15.4 Å². The van der Waals surface area contributed by atoms with E-state index in [0.29, 0.717) is 23.6 Å². The lowest BCUT2D eigenvalue weighted by Crippen LogP contribution is -2.44. The summed E-state index contributed by atoms with van der Waals surface area (Å²) in [6.07, 6.45) is 3.62. The highest BCUT2D eigenvalue weighted by molar-refractivity contribution is 5.93. The number of ether oxygens (including phenoxy) is 2. The molecule has 4 rings (SSSR count). The van der Waals surface area contributed by atoms with Crippen molar-refractivity contribution < 1.29 is 14.3 Å². The monoisotopic (exact) mass is 443 g/mol. The van der Waals surface area contributed by atoms with Crippen LogP contribution in [0.5, 0.6) is 5.75 Å². The maximum atomic E-state index is 13.5. The molecule has 0 aliphatic carbocycles. The number of benzene rings is 2. The van der Waals surface area contributed by atoms with E-state index >= 15 is 0 Å². The van der Waals surface area contributed by atoms with Crippen molar-refractivity contribution in [2.75, 3.05) is 10.6 Å². The summed E-state index contributed by atoms with van der Waals surface area (Å²) < 4.78 is 12.2. The number of para-hydroxylation sites is 3. The Morgan fingerprint density at radius 2 is 1.73 bits per heavy atom. The molecule has 0 spiro atoms. The number of nitrogens with zero attached hydrogens (tertiary/aromatic N) is 2. The highest BCUT2D eigenvalue weighted by atomic mass is 16.6. The third kappa shape index (κ3) is 4.85. The van der Waals surface area contributed by atoms with Crippen molar-refractivity contribution in [3.05, 3.63) is 89.8 Å². The van der Waals surface area contributed by atoms with Crippen LogP contribution >= 0.6 is 0 Å². The molecule has 2 heterocycles. The van der Waals surface area contributed by atoms with Crippen LogP contribution in [-0.4, -0.2) is 22.7 Å². The molecule has 1 unspecified atom stereocenters. The zero-order valence-corrected chi connectivity index (χ0v) is 19.4. The summed E-state index contributed by atoms with van der Waals surface area (Å²) in [6, 6.07) is 18.7. The summed E-state index contributed by atoms with van der Waals surface area (Å²) >= 11 is 0. The second-order valence-electron chi connectivity index (χ2n) is 9.06. The number of nitrogen functional groups attached to an aromatic ring is 1. The maximum Gasteiger partial charge on any atom is 0.415 e. The normalized spacial score (nSPS) is 14.2. The first-order valence-electron chi connectivity index (χ1n) is 11.0. The molecule has 1 aromatic heterocycles. The molecule has 1 aliphatic rings. The van der Waals surface area contributed by atoms with Crippen LogP contribution in [0.3, 0.4) is 0 Å². The highest BCUT2D eigenvalue weighted by Gasteiger charge is 2.34. The molecular formula is C27H29N3O3. The van der Waals surface area contributed by atoms with Gasteiger partial charge in [0, 0.05) is 30.0 Å². The topological polar surface area (TPSA) is 77.7 Å². The average molecular weight is 444 g/mol. The van der Waals surface area contributed by atoms with Gasteiger partial charge in [0.1, 0.15) is 17.1 Å². The van der Waals surface area contributed by atoms with E-state index < -0.39 is 11.7 Å². The minimum Gasteiger partial charge on any atom is -0.456 e. The fraction of sp³-hybridized carbons (Fsp3) is 0.259. The number of aromatic nitrogens is 1. The Balaban J connectivity index is 1.85. The smallest absolute Gasteiger partial charge is 0.415 e. The van der Waals surface area contributed by atoms with Gasteiger partial charge in [0.25, 0.3) is 0 Å². The van der Waals surface area contributed by atoms with Crippen molar-refractivity contribution in [2.24, 2.45) is 0 Å². The largest absolute Gasteiger partial charge is 0.456 e. The van der Waals surface area contributed by atoms with Crippen LogP contribution in [0.1, 0.15) is 38.8 Å². The lowest BCUT2D eigenvalue weighted by Gasteiger charge is -2.36. The molecule has 0 fully saturated rings. The SMILES string of the molecule is CC(C1=C(c2ccncc2)Oc2ccccc2C1)N(C(=O)OC(C)(C)C)c1ccccc1N.